The molecular formula is HFFeO4S. The molecule has 0 spiro atoms. The van der Waals surface area contributed by atoms with Crippen LogP contribution in [-0.2, 0) is 31.9 Å². The topological polar surface area (TPSA) is 63.6 Å². The first kappa shape index (κ1) is 10.3. The summed E-state index contributed by atoms with van der Waals surface area (Å²) in [5, 5.41) is 0. The van der Waals surface area contributed by atoms with Crippen LogP contribution in [-0.4, -0.2) is 13.0 Å². The molecule has 1 N–H and O–H groups in total. The number of halogens is 1. The van der Waals surface area contributed by atoms with Crippen LogP contribution in [0.25, 0.3) is 0 Å². The normalized spacial score (nSPS) is 10.0. The van der Waals surface area contributed by atoms with Gasteiger partial charge in [0.05, 0.1) is 0 Å². The Morgan fingerprint density at radius 3 is 1.71 bits per heavy atom. The molecule has 0 unspecified atom stereocenters. The van der Waals surface area contributed by atoms with Gasteiger partial charge >= 0.3 is 10.4 Å². The van der Waals surface area contributed by atoms with Gasteiger partial charge in [0.15, 0.2) is 0 Å². The quantitative estimate of drug-likeness (QED) is 0.435. The second-order valence-corrected chi connectivity index (χ2v) is 1.47. The third kappa shape index (κ3) is 10.7. The summed E-state index contributed by atoms with van der Waals surface area (Å²) in [7, 11) is -4.83. The van der Waals surface area contributed by atoms with E-state index in [4.69, 9.17) is 13.0 Å². The Morgan fingerprint density at radius 1 is 1.57 bits per heavy atom. The van der Waals surface area contributed by atoms with E-state index in [0.29, 0.717) is 0 Å². The zero-order valence-corrected chi connectivity index (χ0v) is 4.73. The van der Waals surface area contributed by atoms with Gasteiger partial charge in [-0.25, -0.2) is 0 Å². The Balaban J connectivity index is 0. The van der Waals surface area contributed by atoms with Crippen LogP contribution < -0.4 is 0 Å². The molecule has 0 aromatic rings. The summed E-state index contributed by atoms with van der Waals surface area (Å²) in [5.74, 6) is 0. The molecule has 0 saturated heterocycles. The summed E-state index contributed by atoms with van der Waals surface area (Å²) >= 11 is 0. The SMILES string of the molecule is O=S(=O)(O)OF.[Fe]. The van der Waals surface area contributed by atoms with Gasteiger partial charge in [-0.2, -0.15) is 8.42 Å². The van der Waals surface area contributed by atoms with E-state index in [0.717, 1.165) is 0 Å². The van der Waals surface area contributed by atoms with Gasteiger partial charge in [0, 0.05) is 17.1 Å². The second-order valence-electron chi connectivity index (χ2n) is 0.491. The van der Waals surface area contributed by atoms with Crippen LogP contribution in [0.5, 0.6) is 0 Å². The van der Waals surface area contributed by atoms with Gasteiger partial charge in [0.25, 0.3) is 0 Å². The van der Waals surface area contributed by atoms with Crippen LogP contribution in [0.2, 0.25) is 0 Å². The first-order valence-corrected chi connectivity index (χ1v) is 2.20. The molecule has 0 aliphatic heterocycles. The predicted molar refractivity (Wildman–Crippen MR) is 13.7 cm³/mol. The summed E-state index contributed by atoms with van der Waals surface area (Å²) in [6.45, 7) is 0. The molecule has 0 fully saturated rings. The molecule has 0 rings (SSSR count). The first-order chi connectivity index (χ1) is 2.56. The Bertz CT molecular complexity index is 114. The zero-order valence-electron chi connectivity index (χ0n) is 2.81. The molecule has 0 bridgehead atoms. The van der Waals surface area contributed by atoms with Crippen LogP contribution in [0.4, 0.5) is 4.53 Å². The van der Waals surface area contributed by atoms with E-state index >= 15 is 0 Å². The van der Waals surface area contributed by atoms with Gasteiger partial charge in [-0.3, -0.25) is 4.55 Å². The molecule has 4 nitrogen and oxygen atoms in total. The molecule has 0 saturated carbocycles. The van der Waals surface area contributed by atoms with Crippen LogP contribution >= 0.6 is 0 Å². The molecule has 7 heavy (non-hydrogen) atoms. The van der Waals surface area contributed by atoms with Crippen LogP contribution in [0.1, 0.15) is 0 Å². The zero-order chi connectivity index (χ0) is 5.21. The minimum absolute atomic E-state index is 0. The largest absolute Gasteiger partial charge is 0.428 e. The summed E-state index contributed by atoms with van der Waals surface area (Å²) in [6, 6.07) is 0. The van der Waals surface area contributed by atoms with Crippen molar-refractivity contribution in [1.82, 2.24) is 0 Å². The van der Waals surface area contributed by atoms with Gasteiger partial charge in [-0.15, -0.1) is 0 Å². The van der Waals surface area contributed by atoms with Gasteiger partial charge in [0.1, 0.15) is 0 Å². The fraction of sp³-hybridized carbons (Fsp3) is 0. The maximum atomic E-state index is 10.2. The van der Waals surface area contributed by atoms with Crippen molar-refractivity contribution in [2.75, 3.05) is 0 Å². The van der Waals surface area contributed by atoms with Crippen LogP contribution in [0.15, 0.2) is 0 Å². The molecular weight excluding hydrogens is 171 g/mol. The summed E-state index contributed by atoms with van der Waals surface area (Å²) in [4.78, 5) is 0. The maximum absolute atomic E-state index is 10.2. The van der Waals surface area contributed by atoms with Crippen LogP contribution in [0.3, 0.4) is 0 Å². The Labute approximate surface area is 50.0 Å². The van der Waals surface area contributed by atoms with Crippen LogP contribution in [0, 0.1) is 0 Å². The molecule has 7 heteroatoms. The first-order valence-electron chi connectivity index (χ1n) is 0.837. The predicted octanol–water partition coefficient (Wildman–Crippen LogP) is -0.312. The molecule has 0 aliphatic carbocycles. The molecule has 0 radical (unpaired) electrons. The molecule has 0 aromatic heterocycles. The van der Waals surface area contributed by atoms with Crippen molar-refractivity contribution in [3.8, 4) is 0 Å². The summed E-state index contributed by atoms with van der Waals surface area (Å²) in [5.41, 5.74) is 0. The average molecular weight is 172 g/mol. The van der Waals surface area contributed by atoms with Crippen molar-refractivity contribution in [2.45, 2.75) is 0 Å². The van der Waals surface area contributed by atoms with Crippen molar-refractivity contribution >= 4 is 10.4 Å². The van der Waals surface area contributed by atoms with Crippen molar-refractivity contribution in [2.24, 2.45) is 0 Å². The molecule has 0 atom stereocenters. The van der Waals surface area contributed by atoms with Gasteiger partial charge in [-0.1, -0.05) is 0 Å². The third-order valence-corrected chi connectivity index (χ3v) is 0.239. The smallest absolute Gasteiger partial charge is 0.262 e. The van der Waals surface area contributed by atoms with Gasteiger partial charge in [0.2, 0.25) is 0 Å². The van der Waals surface area contributed by atoms with E-state index in [1.54, 1.807) is 0 Å². The molecule has 0 aromatic carbocycles. The van der Waals surface area contributed by atoms with Gasteiger partial charge < -0.3 is 0 Å². The number of hydrogen-bond donors (Lipinski definition) is 1. The van der Waals surface area contributed by atoms with Crippen molar-refractivity contribution in [3.63, 3.8) is 0 Å². The maximum Gasteiger partial charge on any atom is 0.428 e. The summed E-state index contributed by atoms with van der Waals surface area (Å²) < 4.78 is 37.2. The van der Waals surface area contributed by atoms with E-state index in [2.05, 4.69) is 0 Å². The van der Waals surface area contributed by atoms with E-state index in [1.807, 2.05) is 4.39 Å². The van der Waals surface area contributed by atoms with Crippen molar-refractivity contribution in [1.29, 1.82) is 0 Å². The number of rotatable bonds is 1. The monoisotopic (exact) mass is 172 g/mol. The van der Waals surface area contributed by atoms with Crippen molar-refractivity contribution < 1.29 is 39.0 Å². The third-order valence-electron chi connectivity index (χ3n) is 0.0796. The average Bonchev–Trinajstić information content (AvgIpc) is 1.35. The standard InChI is InChI=1S/FHO4S.Fe/c1-5-6(2,3)4;/h(H,2,3,4);. The molecule has 0 heterocycles. The Hall–Kier alpha value is 0.319. The van der Waals surface area contributed by atoms with E-state index < -0.39 is 10.4 Å². The molecule has 46 valence electrons. The fourth-order valence-corrected chi connectivity index (χ4v) is 0. The second kappa shape index (κ2) is 3.34. The number of hydrogen-bond acceptors (Lipinski definition) is 3. The van der Waals surface area contributed by atoms with E-state index in [9.17, 15) is 4.53 Å². The van der Waals surface area contributed by atoms with Crippen molar-refractivity contribution in [3.05, 3.63) is 0 Å². The van der Waals surface area contributed by atoms with E-state index in [1.165, 1.54) is 0 Å². The molecule has 0 amide bonds. The summed E-state index contributed by atoms with van der Waals surface area (Å²) in [6.07, 6.45) is 0. The Kier molecular flexibility index (Phi) is 4.93. The minimum atomic E-state index is -4.83. The fourth-order valence-electron chi connectivity index (χ4n) is 0. The minimum Gasteiger partial charge on any atom is -0.262 e. The Morgan fingerprint density at radius 2 is 1.71 bits per heavy atom. The van der Waals surface area contributed by atoms with E-state index in [-0.39, 0.29) is 17.1 Å². The van der Waals surface area contributed by atoms with Gasteiger partial charge in [-0.05, 0) is 8.91 Å². The molecule has 0 aliphatic rings.